The van der Waals surface area contributed by atoms with Crippen LogP contribution in [0.25, 0.3) is 0 Å². The van der Waals surface area contributed by atoms with Crippen LogP contribution in [0.5, 0.6) is 0 Å². The number of rotatable bonds is 3. The maximum Gasteiger partial charge on any atom is 0.311 e. The molecule has 1 aliphatic rings. The largest absolute Gasteiger partial charge is 0.346 e. The summed E-state index contributed by atoms with van der Waals surface area (Å²) in [7, 11) is 0. The zero-order chi connectivity index (χ0) is 18.6. The van der Waals surface area contributed by atoms with Gasteiger partial charge in [0.2, 0.25) is 5.91 Å². The molecule has 7 heteroatoms. The van der Waals surface area contributed by atoms with Crippen molar-refractivity contribution < 1.29 is 18.8 Å². The van der Waals surface area contributed by atoms with Crippen molar-refractivity contribution in [2.75, 3.05) is 18.4 Å². The van der Waals surface area contributed by atoms with Crippen molar-refractivity contribution in [1.82, 2.24) is 10.2 Å². The molecular weight excluding hydrogens is 325 g/mol. The van der Waals surface area contributed by atoms with Gasteiger partial charge in [-0.25, -0.2) is 4.39 Å². The maximum absolute atomic E-state index is 13.3. The highest BCUT2D eigenvalue weighted by Crippen LogP contribution is 2.20. The molecular formula is C18H24FN3O3. The molecule has 1 aromatic rings. The molecule has 0 bridgehead atoms. The van der Waals surface area contributed by atoms with Crippen LogP contribution in [0.1, 0.15) is 32.3 Å². The molecule has 0 saturated carbocycles. The van der Waals surface area contributed by atoms with E-state index in [2.05, 4.69) is 10.6 Å². The first-order valence-electron chi connectivity index (χ1n) is 8.44. The molecule has 136 valence electrons. The van der Waals surface area contributed by atoms with Crippen LogP contribution >= 0.6 is 0 Å². The van der Waals surface area contributed by atoms with E-state index < -0.39 is 17.7 Å². The monoisotopic (exact) mass is 349 g/mol. The molecule has 1 aliphatic heterocycles. The third kappa shape index (κ3) is 5.01. The lowest BCUT2D eigenvalue weighted by Gasteiger charge is -2.31. The van der Waals surface area contributed by atoms with E-state index in [9.17, 15) is 18.8 Å². The van der Waals surface area contributed by atoms with E-state index in [1.807, 2.05) is 0 Å². The molecule has 2 rings (SSSR count). The van der Waals surface area contributed by atoms with Crippen molar-refractivity contribution >= 4 is 23.4 Å². The smallest absolute Gasteiger partial charge is 0.311 e. The molecule has 0 aromatic heterocycles. The summed E-state index contributed by atoms with van der Waals surface area (Å²) in [5.74, 6) is -2.21. The Morgan fingerprint density at radius 3 is 2.64 bits per heavy atom. The van der Waals surface area contributed by atoms with Crippen LogP contribution in [0.4, 0.5) is 10.1 Å². The lowest BCUT2D eigenvalue weighted by Crippen LogP contribution is -2.50. The SMILES string of the molecule is Cc1cc(NC(=O)C2CCCN(C(=O)C(=O)NC(C)C)C2)ccc1F. The summed E-state index contributed by atoms with van der Waals surface area (Å²) in [5.41, 5.74) is 0.966. The second-order valence-electron chi connectivity index (χ2n) is 6.67. The van der Waals surface area contributed by atoms with Gasteiger partial charge in [-0.05, 0) is 57.4 Å². The number of likely N-dealkylation sites (tertiary alicyclic amines) is 1. The van der Waals surface area contributed by atoms with Crippen molar-refractivity contribution in [1.29, 1.82) is 0 Å². The van der Waals surface area contributed by atoms with Crippen LogP contribution in [0.15, 0.2) is 18.2 Å². The fraction of sp³-hybridized carbons (Fsp3) is 0.500. The first-order valence-corrected chi connectivity index (χ1v) is 8.44. The molecule has 0 spiro atoms. The van der Waals surface area contributed by atoms with E-state index in [0.29, 0.717) is 30.6 Å². The molecule has 1 unspecified atom stereocenters. The van der Waals surface area contributed by atoms with Crippen LogP contribution in [-0.4, -0.2) is 41.8 Å². The third-order valence-electron chi connectivity index (χ3n) is 4.12. The Balaban J connectivity index is 1.97. The fourth-order valence-electron chi connectivity index (χ4n) is 2.81. The van der Waals surface area contributed by atoms with Crippen LogP contribution in [-0.2, 0) is 14.4 Å². The number of carbonyl (C=O) groups is 3. The minimum atomic E-state index is -0.648. The Morgan fingerprint density at radius 1 is 1.28 bits per heavy atom. The Morgan fingerprint density at radius 2 is 2.00 bits per heavy atom. The van der Waals surface area contributed by atoms with E-state index in [1.54, 1.807) is 26.8 Å². The molecule has 1 atom stereocenters. The zero-order valence-corrected chi connectivity index (χ0v) is 14.8. The van der Waals surface area contributed by atoms with E-state index in [1.165, 1.54) is 17.0 Å². The van der Waals surface area contributed by atoms with Gasteiger partial charge in [-0.2, -0.15) is 0 Å². The second-order valence-corrected chi connectivity index (χ2v) is 6.67. The Kier molecular flexibility index (Phi) is 6.12. The van der Waals surface area contributed by atoms with Crippen molar-refractivity contribution in [2.45, 2.75) is 39.7 Å². The number of hydrogen-bond donors (Lipinski definition) is 2. The number of hydrogen-bond acceptors (Lipinski definition) is 3. The third-order valence-corrected chi connectivity index (χ3v) is 4.12. The standard InChI is InChI=1S/C18H24FN3O3/c1-11(2)20-17(24)18(25)22-8-4-5-13(10-22)16(23)21-14-6-7-15(19)12(3)9-14/h6-7,9,11,13H,4-5,8,10H2,1-3H3,(H,20,24)(H,21,23). The van der Waals surface area contributed by atoms with Crippen LogP contribution in [0.3, 0.4) is 0 Å². The van der Waals surface area contributed by atoms with E-state index in [4.69, 9.17) is 0 Å². The molecule has 0 radical (unpaired) electrons. The summed E-state index contributed by atoms with van der Waals surface area (Å²) >= 11 is 0. The molecule has 1 aromatic carbocycles. The Labute approximate surface area is 146 Å². The lowest BCUT2D eigenvalue weighted by atomic mass is 9.96. The van der Waals surface area contributed by atoms with Crippen molar-refractivity contribution in [3.8, 4) is 0 Å². The summed E-state index contributed by atoms with van der Waals surface area (Å²) in [6, 6.07) is 4.25. The Hall–Kier alpha value is -2.44. The van der Waals surface area contributed by atoms with Gasteiger partial charge in [0, 0.05) is 24.8 Å². The van der Waals surface area contributed by atoms with Gasteiger partial charge in [0.05, 0.1) is 5.92 Å². The van der Waals surface area contributed by atoms with Gasteiger partial charge in [-0.15, -0.1) is 0 Å². The number of benzene rings is 1. The van der Waals surface area contributed by atoms with Gasteiger partial charge < -0.3 is 15.5 Å². The number of nitrogens with one attached hydrogen (secondary N) is 2. The molecule has 6 nitrogen and oxygen atoms in total. The number of piperidine rings is 1. The van der Waals surface area contributed by atoms with Crippen molar-refractivity contribution in [2.24, 2.45) is 5.92 Å². The molecule has 0 aliphatic carbocycles. The predicted molar refractivity (Wildman–Crippen MR) is 92.3 cm³/mol. The number of carbonyl (C=O) groups excluding carboxylic acids is 3. The average Bonchev–Trinajstić information content (AvgIpc) is 2.57. The number of amides is 3. The molecule has 25 heavy (non-hydrogen) atoms. The van der Waals surface area contributed by atoms with E-state index in [-0.39, 0.29) is 24.3 Å². The highest BCUT2D eigenvalue weighted by atomic mass is 19.1. The minimum Gasteiger partial charge on any atom is -0.346 e. The quantitative estimate of drug-likeness (QED) is 0.817. The summed E-state index contributed by atoms with van der Waals surface area (Å²) in [6.45, 7) is 5.85. The average molecular weight is 349 g/mol. The molecule has 1 saturated heterocycles. The number of halogens is 1. The molecule has 3 amide bonds. The highest BCUT2D eigenvalue weighted by molar-refractivity contribution is 6.35. The van der Waals surface area contributed by atoms with Gasteiger partial charge in [0.15, 0.2) is 0 Å². The maximum atomic E-state index is 13.3. The molecule has 2 N–H and O–H groups in total. The minimum absolute atomic E-state index is 0.123. The second kappa shape index (κ2) is 8.09. The topological polar surface area (TPSA) is 78.5 Å². The number of aryl methyl sites for hydroxylation is 1. The molecule has 1 heterocycles. The lowest BCUT2D eigenvalue weighted by molar-refractivity contribution is -0.147. The highest BCUT2D eigenvalue weighted by Gasteiger charge is 2.31. The van der Waals surface area contributed by atoms with Crippen molar-refractivity contribution in [3.05, 3.63) is 29.6 Å². The van der Waals surface area contributed by atoms with Gasteiger partial charge in [0.1, 0.15) is 5.82 Å². The predicted octanol–water partition coefficient (Wildman–Crippen LogP) is 1.84. The summed E-state index contributed by atoms with van der Waals surface area (Å²) in [6.07, 6.45) is 1.29. The summed E-state index contributed by atoms with van der Waals surface area (Å²) in [4.78, 5) is 37.9. The first kappa shape index (κ1) is 18.9. The van der Waals surface area contributed by atoms with Crippen LogP contribution in [0, 0.1) is 18.7 Å². The van der Waals surface area contributed by atoms with Crippen molar-refractivity contribution in [3.63, 3.8) is 0 Å². The first-order chi connectivity index (χ1) is 11.8. The zero-order valence-electron chi connectivity index (χ0n) is 14.8. The number of nitrogens with zero attached hydrogens (tertiary/aromatic N) is 1. The summed E-state index contributed by atoms with van der Waals surface area (Å²) in [5, 5.41) is 5.33. The van der Waals surface area contributed by atoms with Gasteiger partial charge in [-0.3, -0.25) is 14.4 Å². The van der Waals surface area contributed by atoms with Crippen LogP contribution < -0.4 is 10.6 Å². The normalized spacial score (nSPS) is 17.3. The van der Waals surface area contributed by atoms with E-state index in [0.717, 1.165) is 0 Å². The van der Waals surface area contributed by atoms with Gasteiger partial charge >= 0.3 is 11.8 Å². The number of anilines is 1. The fourth-order valence-corrected chi connectivity index (χ4v) is 2.81. The van der Waals surface area contributed by atoms with Gasteiger partial charge in [0.25, 0.3) is 0 Å². The van der Waals surface area contributed by atoms with E-state index >= 15 is 0 Å². The Bertz CT molecular complexity index is 676. The summed E-state index contributed by atoms with van der Waals surface area (Å²) < 4.78 is 13.3. The van der Waals surface area contributed by atoms with Crippen LogP contribution in [0.2, 0.25) is 0 Å². The van der Waals surface area contributed by atoms with Gasteiger partial charge in [-0.1, -0.05) is 0 Å². The molecule has 1 fully saturated rings.